The van der Waals surface area contributed by atoms with Gasteiger partial charge in [-0.2, -0.15) is 5.26 Å². The van der Waals surface area contributed by atoms with Crippen molar-refractivity contribution in [3.63, 3.8) is 0 Å². The highest BCUT2D eigenvalue weighted by Gasteiger charge is 2.43. The minimum absolute atomic E-state index is 0.395. The number of aliphatic hydroxyl groups is 1. The Kier molecular flexibility index (Phi) is 4.30. The zero-order valence-electron chi connectivity index (χ0n) is 13.9. The van der Waals surface area contributed by atoms with Crippen molar-refractivity contribution in [3.05, 3.63) is 53.7 Å². The van der Waals surface area contributed by atoms with Crippen molar-refractivity contribution < 1.29 is 14.6 Å². The first-order valence-electron chi connectivity index (χ1n) is 7.80. The van der Waals surface area contributed by atoms with Crippen LogP contribution in [0.4, 0.5) is 10.6 Å². The van der Waals surface area contributed by atoms with Crippen LogP contribution in [0.2, 0.25) is 0 Å². The normalized spacial score (nSPS) is 20.6. The zero-order chi connectivity index (χ0) is 18.0. The van der Waals surface area contributed by atoms with Crippen LogP contribution in [0.1, 0.15) is 31.0 Å². The van der Waals surface area contributed by atoms with E-state index >= 15 is 0 Å². The van der Waals surface area contributed by atoms with Gasteiger partial charge in [-0.25, -0.2) is 9.78 Å². The predicted octanol–water partition coefficient (Wildman–Crippen LogP) is 2.35. The van der Waals surface area contributed by atoms with Crippen LogP contribution in [0, 0.1) is 11.3 Å². The Morgan fingerprint density at radius 2 is 2.16 bits per heavy atom. The molecule has 1 aromatic heterocycles. The molecule has 0 fully saturated rings. The molecule has 0 aliphatic carbocycles. The van der Waals surface area contributed by atoms with Crippen molar-refractivity contribution >= 4 is 11.8 Å². The number of amides is 2. The van der Waals surface area contributed by atoms with Gasteiger partial charge >= 0.3 is 6.03 Å². The number of anilines is 1. The van der Waals surface area contributed by atoms with E-state index < -0.39 is 23.8 Å². The van der Waals surface area contributed by atoms with Gasteiger partial charge in [0.05, 0.1) is 17.7 Å². The monoisotopic (exact) mass is 338 g/mol. The second-order valence-electron chi connectivity index (χ2n) is 6.31. The summed E-state index contributed by atoms with van der Waals surface area (Å²) >= 11 is 0. The molecule has 0 bridgehead atoms. The molecule has 0 unspecified atom stereocenters. The number of carbonyl (C=O) groups excluding carboxylic acids is 1. The van der Waals surface area contributed by atoms with Crippen LogP contribution in [0.5, 0.6) is 5.75 Å². The molecule has 2 heterocycles. The molecule has 1 aliphatic heterocycles. The van der Waals surface area contributed by atoms with Crippen LogP contribution in [0.25, 0.3) is 0 Å². The maximum atomic E-state index is 12.3. The first-order chi connectivity index (χ1) is 11.9. The summed E-state index contributed by atoms with van der Waals surface area (Å²) in [5, 5.41) is 25.1. The fourth-order valence-corrected chi connectivity index (χ4v) is 2.76. The van der Waals surface area contributed by atoms with Crippen molar-refractivity contribution in [1.82, 2.24) is 10.3 Å². The number of nitriles is 1. The van der Waals surface area contributed by atoms with E-state index in [-0.39, 0.29) is 0 Å². The molecular formula is C18H18N4O3. The number of nitrogens with one attached hydrogen (secondary N) is 2. The highest BCUT2D eigenvalue weighted by atomic mass is 16.5. The van der Waals surface area contributed by atoms with Crippen molar-refractivity contribution in [2.75, 3.05) is 5.32 Å². The number of benzene rings is 1. The van der Waals surface area contributed by atoms with E-state index in [9.17, 15) is 9.90 Å². The second kappa shape index (κ2) is 6.42. The standard InChI is InChI=1S/C18H18N4O3/c1-18(2)16(23)15(12-9-11(10-19)6-7-13(12)25-18)22-17(24)21-14-5-3-4-8-20-14/h3-9,15-16,23H,1-2H3,(H2,20,21,22,24)/t15-,16+/m0/s1. The van der Waals surface area contributed by atoms with Crippen LogP contribution in [-0.2, 0) is 0 Å². The van der Waals surface area contributed by atoms with E-state index in [2.05, 4.69) is 21.7 Å². The van der Waals surface area contributed by atoms with E-state index in [1.54, 1.807) is 56.4 Å². The molecule has 2 amide bonds. The molecule has 0 spiro atoms. The summed E-state index contributed by atoms with van der Waals surface area (Å²) in [4.78, 5) is 16.4. The van der Waals surface area contributed by atoms with Gasteiger partial charge in [0, 0.05) is 11.8 Å². The maximum absolute atomic E-state index is 12.3. The van der Waals surface area contributed by atoms with Gasteiger partial charge in [-0.05, 0) is 44.2 Å². The van der Waals surface area contributed by atoms with Crippen LogP contribution < -0.4 is 15.4 Å². The second-order valence-corrected chi connectivity index (χ2v) is 6.31. The minimum atomic E-state index is -0.997. The molecule has 128 valence electrons. The summed E-state index contributed by atoms with van der Waals surface area (Å²) in [7, 11) is 0. The third kappa shape index (κ3) is 3.39. The Morgan fingerprint density at radius 1 is 1.36 bits per heavy atom. The third-order valence-electron chi connectivity index (χ3n) is 4.07. The summed E-state index contributed by atoms with van der Waals surface area (Å²) in [5.41, 5.74) is 0.0811. The van der Waals surface area contributed by atoms with Gasteiger partial charge < -0.3 is 15.2 Å². The summed E-state index contributed by atoms with van der Waals surface area (Å²) < 4.78 is 5.82. The van der Waals surface area contributed by atoms with E-state index in [1.165, 1.54) is 0 Å². The van der Waals surface area contributed by atoms with Gasteiger partial charge in [0.15, 0.2) is 0 Å². The molecule has 1 aliphatic rings. The number of pyridine rings is 1. The van der Waals surface area contributed by atoms with E-state index in [4.69, 9.17) is 10.00 Å². The number of fused-ring (bicyclic) bond motifs is 1. The topological polar surface area (TPSA) is 107 Å². The highest BCUT2D eigenvalue weighted by molar-refractivity contribution is 5.88. The molecule has 3 N–H and O–H groups in total. The fourth-order valence-electron chi connectivity index (χ4n) is 2.76. The number of urea groups is 1. The van der Waals surface area contributed by atoms with E-state index in [0.29, 0.717) is 22.7 Å². The smallest absolute Gasteiger partial charge is 0.320 e. The quantitative estimate of drug-likeness (QED) is 0.779. The Labute approximate surface area is 145 Å². The zero-order valence-corrected chi connectivity index (χ0v) is 13.9. The average molecular weight is 338 g/mol. The number of hydrogen-bond acceptors (Lipinski definition) is 5. The van der Waals surface area contributed by atoms with Crippen molar-refractivity contribution in [1.29, 1.82) is 5.26 Å². The summed E-state index contributed by atoms with van der Waals surface area (Å²) in [6.07, 6.45) is 0.569. The lowest BCUT2D eigenvalue weighted by atomic mass is 9.86. The fraction of sp³-hybridized carbons (Fsp3) is 0.278. The number of hydrogen-bond donors (Lipinski definition) is 3. The van der Waals surface area contributed by atoms with Crippen LogP contribution in [0.3, 0.4) is 0 Å². The molecule has 2 atom stereocenters. The molecule has 0 radical (unpaired) electrons. The Balaban J connectivity index is 1.88. The Bertz CT molecular complexity index is 830. The Hall–Kier alpha value is -3.11. The molecule has 2 aromatic rings. The van der Waals surface area contributed by atoms with E-state index in [0.717, 1.165) is 0 Å². The number of carbonyl (C=O) groups is 1. The van der Waals surface area contributed by atoms with Gasteiger partial charge in [0.2, 0.25) is 0 Å². The molecule has 7 nitrogen and oxygen atoms in total. The van der Waals surface area contributed by atoms with Gasteiger partial charge in [0.1, 0.15) is 23.3 Å². The molecule has 0 saturated heterocycles. The lowest BCUT2D eigenvalue weighted by Crippen LogP contribution is -2.54. The Morgan fingerprint density at radius 3 is 2.84 bits per heavy atom. The molecule has 3 rings (SSSR count). The molecule has 0 saturated carbocycles. The lowest BCUT2D eigenvalue weighted by molar-refractivity contribution is -0.0618. The molecule has 7 heteroatoms. The predicted molar refractivity (Wildman–Crippen MR) is 91.0 cm³/mol. The number of ether oxygens (including phenoxy) is 1. The van der Waals surface area contributed by atoms with Crippen molar-refractivity contribution in [2.45, 2.75) is 31.6 Å². The lowest BCUT2D eigenvalue weighted by Gasteiger charge is -2.42. The number of aromatic nitrogens is 1. The number of aliphatic hydroxyl groups excluding tert-OH is 1. The summed E-state index contributed by atoms with van der Waals surface area (Å²) in [6.45, 7) is 3.48. The van der Waals surface area contributed by atoms with Gasteiger partial charge in [-0.15, -0.1) is 0 Å². The molecular weight excluding hydrogens is 320 g/mol. The number of rotatable bonds is 2. The SMILES string of the molecule is CC1(C)Oc2ccc(C#N)cc2[C@H](NC(=O)Nc2ccccn2)[C@H]1O. The molecule has 1 aromatic carbocycles. The summed E-state index contributed by atoms with van der Waals surface area (Å²) in [6, 6.07) is 10.9. The third-order valence-corrected chi connectivity index (χ3v) is 4.07. The van der Waals surface area contributed by atoms with Crippen molar-refractivity contribution in [3.8, 4) is 11.8 Å². The highest BCUT2D eigenvalue weighted by Crippen LogP contribution is 2.40. The first-order valence-corrected chi connectivity index (χ1v) is 7.80. The van der Waals surface area contributed by atoms with Crippen LogP contribution in [0.15, 0.2) is 42.6 Å². The largest absolute Gasteiger partial charge is 0.485 e. The van der Waals surface area contributed by atoms with Gasteiger partial charge in [-0.1, -0.05) is 6.07 Å². The molecule has 25 heavy (non-hydrogen) atoms. The van der Waals surface area contributed by atoms with Crippen LogP contribution >= 0.6 is 0 Å². The van der Waals surface area contributed by atoms with Crippen molar-refractivity contribution in [2.24, 2.45) is 0 Å². The number of nitrogens with zero attached hydrogens (tertiary/aromatic N) is 2. The van der Waals surface area contributed by atoms with Gasteiger partial charge in [-0.3, -0.25) is 5.32 Å². The first kappa shape index (κ1) is 16.7. The minimum Gasteiger partial charge on any atom is -0.485 e. The average Bonchev–Trinajstić information content (AvgIpc) is 2.59. The van der Waals surface area contributed by atoms with Crippen LogP contribution in [-0.4, -0.2) is 27.8 Å². The van der Waals surface area contributed by atoms with E-state index in [1.807, 2.05) is 0 Å². The summed E-state index contributed by atoms with van der Waals surface area (Å²) in [5.74, 6) is 0.921. The maximum Gasteiger partial charge on any atom is 0.320 e. The van der Waals surface area contributed by atoms with Gasteiger partial charge in [0.25, 0.3) is 0 Å².